The molecule has 3 rings (SSSR count). The highest BCUT2D eigenvalue weighted by Crippen LogP contribution is 2.31. The van der Waals surface area contributed by atoms with Crippen LogP contribution in [-0.4, -0.2) is 18.2 Å². The van der Waals surface area contributed by atoms with Crippen LogP contribution in [0.25, 0.3) is 0 Å². The number of amides is 1. The highest BCUT2D eigenvalue weighted by Gasteiger charge is 2.28. The molecule has 1 fully saturated rings. The molecule has 1 aliphatic heterocycles. The van der Waals surface area contributed by atoms with Crippen molar-refractivity contribution in [1.29, 1.82) is 0 Å². The standard InChI is InChI=1S/C15H18N2O/c18-15-13(10-16-11-6-2-1-3-7-11)12-8-4-5-9-14(12)17-15/h4-5,8-11,13H,1-3,6-7H2,(H,17,18)/t13-/m0/s1. The second kappa shape index (κ2) is 4.92. The molecule has 2 aliphatic rings. The maximum Gasteiger partial charge on any atom is 0.237 e. The topological polar surface area (TPSA) is 41.5 Å². The molecule has 0 spiro atoms. The van der Waals surface area contributed by atoms with Crippen LogP contribution in [0.1, 0.15) is 43.6 Å². The zero-order valence-corrected chi connectivity index (χ0v) is 10.4. The van der Waals surface area contributed by atoms with E-state index in [0.29, 0.717) is 6.04 Å². The van der Waals surface area contributed by atoms with Gasteiger partial charge in [0.1, 0.15) is 5.92 Å². The molecule has 1 aliphatic carbocycles. The number of carbonyl (C=O) groups excluding carboxylic acids is 1. The first-order valence-electron chi connectivity index (χ1n) is 6.78. The summed E-state index contributed by atoms with van der Waals surface area (Å²) in [4.78, 5) is 16.5. The van der Waals surface area contributed by atoms with E-state index in [2.05, 4.69) is 10.3 Å². The molecule has 94 valence electrons. The first-order chi connectivity index (χ1) is 8.84. The van der Waals surface area contributed by atoms with E-state index in [0.717, 1.165) is 11.3 Å². The van der Waals surface area contributed by atoms with Crippen molar-refractivity contribution in [2.45, 2.75) is 44.1 Å². The van der Waals surface area contributed by atoms with Gasteiger partial charge in [-0.05, 0) is 24.5 Å². The van der Waals surface area contributed by atoms with Gasteiger partial charge in [0.25, 0.3) is 0 Å². The molecular formula is C15H18N2O. The van der Waals surface area contributed by atoms with Crippen molar-refractivity contribution in [2.75, 3.05) is 5.32 Å². The van der Waals surface area contributed by atoms with Crippen LogP contribution in [0, 0.1) is 0 Å². The van der Waals surface area contributed by atoms with Gasteiger partial charge in [-0.3, -0.25) is 9.79 Å². The van der Waals surface area contributed by atoms with Crippen LogP contribution >= 0.6 is 0 Å². The summed E-state index contributed by atoms with van der Waals surface area (Å²) >= 11 is 0. The van der Waals surface area contributed by atoms with E-state index in [1.807, 2.05) is 30.5 Å². The van der Waals surface area contributed by atoms with E-state index < -0.39 is 0 Å². The van der Waals surface area contributed by atoms with Gasteiger partial charge in [-0.25, -0.2) is 0 Å². The summed E-state index contributed by atoms with van der Waals surface area (Å²) in [5, 5.41) is 2.91. The summed E-state index contributed by atoms with van der Waals surface area (Å²) in [6, 6.07) is 8.30. The predicted octanol–water partition coefficient (Wildman–Crippen LogP) is 3.13. The highest BCUT2D eigenvalue weighted by atomic mass is 16.2. The number of benzene rings is 1. The lowest BCUT2D eigenvalue weighted by atomic mass is 9.95. The van der Waals surface area contributed by atoms with E-state index in [1.54, 1.807) is 0 Å². The quantitative estimate of drug-likeness (QED) is 0.795. The van der Waals surface area contributed by atoms with E-state index in [9.17, 15) is 4.79 Å². The lowest BCUT2D eigenvalue weighted by Crippen LogP contribution is -2.16. The molecule has 0 aromatic heterocycles. The average Bonchev–Trinajstić information content (AvgIpc) is 2.73. The maximum atomic E-state index is 11.9. The van der Waals surface area contributed by atoms with E-state index in [-0.39, 0.29) is 11.8 Å². The number of aliphatic imine (C=N–C) groups is 1. The van der Waals surface area contributed by atoms with Crippen molar-refractivity contribution in [1.82, 2.24) is 0 Å². The second-order valence-electron chi connectivity index (χ2n) is 5.14. The molecule has 1 amide bonds. The van der Waals surface area contributed by atoms with Crippen LogP contribution in [0.4, 0.5) is 5.69 Å². The number of hydrogen-bond acceptors (Lipinski definition) is 2. The zero-order valence-electron chi connectivity index (χ0n) is 10.4. The third-order valence-electron chi connectivity index (χ3n) is 3.86. The van der Waals surface area contributed by atoms with Crippen molar-refractivity contribution < 1.29 is 4.79 Å². The fraction of sp³-hybridized carbons (Fsp3) is 0.467. The molecule has 0 radical (unpaired) electrons. The Bertz CT molecular complexity index is 475. The SMILES string of the molecule is O=C1Nc2ccccc2[C@@H]1C=NC1CCCCC1. The Morgan fingerprint density at radius 3 is 2.78 bits per heavy atom. The van der Waals surface area contributed by atoms with Gasteiger partial charge in [0.2, 0.25) is 5.91 Å². The summed E-state index contributed by atoms with van der Waals surface area (Å²) < 4.78 is 0. The van der Waals surface area contributed by atoms with Crippen LogP contribution in [-0.2, 0) is 4.79 Å². The van der Waals surface area contributed by atoms with Gasteiger partial charge in [-0.2, -0.15) is 0 Å². The van der Waals surface area contributed by atoms with E-state index in [1.165, 1.54) is 32.1 Å². The first kappa shape index (κ1) is 11.5. The largest absolute Gasteiger partial charge is 0.325 e. The molecule has 1 saturated carbocycles. The molecule has 1 aromatic rings. The average molecular weight is 242 g/mol. The van der Waals surface area contributed by atoms with Crippen LogP contribution < -0.4 is 5.32 Å². The molecule has 3 nitrogen and oxygen atoms in total. The monoisotopic (exact) mass is 242 g/mol. The summed E-state index contributed by atoms with van der Waals surface area (Å²) in [5.41, 5.74) is 1.99. The van der Waals surface area contributed by atoms with Crippen molar-refractivity contribution in [2.24, 2.45) is 4.99 Å². The lowest BCUT2D eigenvalue weighted by Gasteiger charge is -2.17. The minimum atomic E-state index is -0.192. The molecule has 1 atom stereocenters. The third kappa shape index (κ3) is 2.17. The molecule has 18 heavy (non-hydrogen) atoms. The first-order valence-corrected chi connectivity index (χ1v) is 6.78. The molecule has 0 saturated heterocycles. The maximum absolute atomic E-state index is 11.9. The van der Waals surface area contributed by atoms with Crippen molar-refractivity contribution >= 4 is 17.8 Å². The van der Waals surface area contributed by atoms with E-state index in [4.69, 9.17) is 0 Å². The summed E-state index contributed by atoms with van der Waals surface area (Å²) in [7, 11) is 0. The van der Waals surface area contributed by atoms with Crippen molar-refractivity contribution in [3.8, 4) is 0 Å². The Hall–Kier alpha value is -1.64. The van der Waals surface area contributed by atoms with Gasteiger partial charge in [0, 0.05) is 17.9 Å². The minimum absolute atomic E-state index is 0.0516. The minimum Gasteiger partial charge on any atom is -0.325 e. The molecule has 0 bridgehead atoms. The third-order valence-corrected chi connectivity index (χ3v) is 3.86. The molecule has 1 N–H and O–H groups in total. The van der Waals surface area contributed by atoms with Crippen LogP contribution in [0.15, 0.2) is 29.3 Å². The van der Waals surface area contributed by atoms with Crippen molar-refractivity contribution in [3.63, 3.8) is 0 Å². The van der Waals surface area contributed by atoms with Crippen LogP contribution in [0.5, 0.6) is 0 Å². The summed E-state index contributed by atoms with van der Waals surface area (Å²) in [6.45, 7) is 0. The van der Waals surface area contributed by atoms with Gasteiger partial charge in [-0.15, -0.1) is 0 Å². The Morgan fingerprint density at radius 1 is 1.17 bits per heavy atom. The highest BCUT2D eigenvalue weighted by molar-refractivity contribution is 6.12. The molecular weight excluding hydrogens is 224 g/mol. The molecule has 0 unspecified atom stereocenters. The second-order valence-corrected chi connectivity index (χ2v) is 5.14. The smallest absolute Gasteiger partial charge is 0.237 e. The number of rotatable bonds is 2. The fourth-order valence-corrected chi connectivity index (χ4v) is 2.82. The Kier molecular flexibility index (Phi) is 3.13. The fourth-order valence-electron chi connectivity index (χ4n) is 2.82. The van der Waals surface area contributed by atoms with Gasteiger partial charge in [0.15, 0.2) is 0 Å². The zero-order chi connectivity index (χ0) is 12.4. The summed E-state index contributed by atoms with van der Waals surface area (Å²) in [6.07, 6.45) is 8.08. The molecule has 1 aromatic carbocycles. The normalized spacial score (nSPS) is 24.2. The van der Waals surface area contributed by atoms with Gasteiger partial charge in [0.05, 0.1) is 0 Å². The molecule has 3 heteroatoms. The number of nitrogens with zero attached hydrogens (tertiary/aromatic N) is 1. The molecule has 1 heterocycles. The summed E-state index contributed by atoms with van der Waals surface area (Å²) in [5.74, 6) is -0.140. The number of hydrogen-bond donors (Lipinski definition) is 1. The van der Waals surface area contributed by atoms with Gasteiger partial charge in [-0.1, -0.05) is 37.5 Å². The van der Waals surface area contributed by atoms with E-state index >= 15 is 0 Å². The van der Waals surface area contributed by atoms with Crippen LogP contribution in [0.2, 0.25) is 0 Å². The number of anilines is 1. The number of fused-ring (bicyclic) bond motifs is 1. The van der Waals surface area contributed by atoms with Crippen LogP contribution in [0.3, 0.4) is 0 Å². The Balaban J connectivity index is 1.76. The Labute approximate surface area is 107 Å². The lowest BCUT2D eigenvalue weighted by molar-refractivity contribution is -0.115. The number of carbonyl (C=O) groups is 1. The number of nitrogens with one attached hydrogen (secondary N) is 1. The van der Waals surface area contributed by atoms with Crippen molar-refractivity contribution in [3.05, 3.63) is 29.8 Å². The number of para-hydroxylation sites is 1. The predicted molar refractivity (Wildman–Crippen MR) is 73.2 cm³/mol. The Morgan fingerprint density at radius 2 is 1.94 bits per heavy atom. The van der Waals surface area contributed by atoms with Gasteiger partial charge >= 0.3 is 0 Å². The van der Waals surface area contributed by atoms with Gasteiger partial charge < -0.3 is 5.32 Å².